The average molecular weight is 425 g/mol. The Hall–Kier alpha value is -2.30. The largest absolute Gasteiger partial charge is 0.489 e. The second-order valence-electron chi connectivity index (χ2n) is 8.12. The van der Waals surface area contributed by atoms with Crippen LogP contribution in [0, 0.1) is 5.92 Å². The summed E-state index contributed by atoms with van der Waals surface area (Å²) in [6.45, 7) is 2.63. The Morgan fingerprint density at radius 3 is 2.60 bits per heavy atom. The molecule has 30 heavy (non-hydrogen) atoms. The molecule has 4 rings (SSSR count). The molecule has 5 heteroatoms. The summed E-state index contributed by atoms with van der Waals surface area (Å²) >= 11 is 6.58. The molecule has 0 radical (unpaired) electrons. The highest BCUT2D eigenvalue weighted by molar-refractivity contribution is 6.33. The van der Waals surface area contributed by atoms with Gasteiger partial charge in [0.15, 0.2) is 0 Å². The molecule has 158 valence electrons. The Morgan fingerprint density at radius 2 is 1.87 bits per heavy atom. The van der Waals surface area contributed by atoms with E-state index in [1.165, 1.54) is 0 Å². The van der Waals surface area contributed by atoms with E-state index in [9.17, 15) is 0 Å². The minimum atomic E-state index is 0.191. The summed E-state index contributed by atoms with van der Waals surface area (Å²) in [5.41, 5.74) is 7.33. The van der Waals surface area contributed by atoms with Gasteiger partial charge < -0.3 is 15.2 Å². The van der Waals surface area contributed by atoms with Gasteiger partial charge in [-0.1, -0.05) is 48.9 Å². The van der Waals surface area contributed by atoms with Crippen LogP contribution in [0.1, 0.15) is 44.6 Å². The fourth-order valence-corrected chi connectivity index (χ4v) is 4.43. The van der Waals surface area contributed by atoms with Crippen molar-refractivity contribution in [2.24, 2.45) is 11.7 Å². The fraction of sp³-hybridized carbons (Fsp3) is 0.400. The van der Waals surface area contributed by atoms with E-state index in [2.05, 4.69) is 11.9 Å². The van der Waals surface area contributed by atoms with Crippen LogP contribution in [0.3, 0.4) is 0 Å². The molecule has 0 bridgehead atoms. The Morgan fingerprint density at radius 1 is 1.10 bits per heavy atom. The highest BCUT2D eigenvalue weighted by atomic mass is 35.5. The van der Waals surface area contributed by atoms with Crippen molar-refractivity contribution in [3.63, 3.8) is 0 Å². The molecule has 0 spiro atoms. The van der Waals surface area contributed by atoms with E-state index in [0.29, 0.717) is 29.5 Å². The lowest BCUT2D eigenvalue weighted by Crippen LogP contribution is -2.35. The van der Waals surface area contributed by atoms with Crippen LogP contribution in [0.5, 0.6) is 11.6 Å². The van der Waals surface area contributed by atoms with Crippen LogP contribution < -0.4 is 15.2 Å². The predicted octanol–water partition coefficient (Wildman–Crippen LogP) is 6.14. The SMILES string of the molecule is CCC(N)C1CCC(Oc2cc3ccnc(OCc4ccccc4)c3cc2Cl)CC1. The van der Waals surface area contributed by atoms with Crippen molar-refractivity contribution in [3.05, 3.63) is 65.3 Å². The fourth-order valence-electron chi connectivity index (χ4n) is 4.23. The first kappa shape index (κ1) is 21.0. The number of hydrogen-bond donors (Lipinski definition) is 1. The minimum absolute atomic E-state index is 0.191. The molecule has 4 nitrogen and oxygen atoms in total. The van der Waals surface area contributed by atoms with Crippen LogP contribution in [-0.2, 0) is 6.61 Å². The molecule has 1 fully saturated rings. The minimum Gasteiger partial charge on any atom is -0.489 e. The van der Waals surface area contributed by atoms with E-state index in [4.69, 9.17) is 26.8 Å². The summed E-state index contributed by atoms with van der Waals surface area (Å²) in [5, 5.41) is 2.49. The third-order valence-corrected chi connectivity index (χ3v) is 6.38. The lowest BCUT2D eigenvalue weighted by molar-refractivity contribution is 0.122. The van der Waals surface area contributed by atoms with E-state index in [1.54, 1.807) is 6.20 Å². The lowest BCUT2D eigenvalue weighted by Gasteiger charge is -2.32. The van der Waals surface area contributed by atoms with Crippen molar-refractivity contribution in [3.8, 4) is 11.6 Å². The van der Waals surface area contributed by atoms with Crippen molar-refractivity contribution in [2.75, 3.05) is 0 Å². The quantitative estimate of drug-likeness (QED) is 0.494. The standard InChI is InChI=1S/C25H29ClN2O2/c1-2-23(27)18-8-10-20(11-9-18)30-24-14-19-12-13-28-25(21(19)15-22(24)26)29-16-17-6-4-3-5-7-17/h3-7,12-15,18,20,23H,2,8-11,16,27H2,1H3. The zero-order chi connectivity index (χ0) is 20.9. The van der Waals surface area contributed by atoms with Gasteiger partial charge in [0.1, 0.15) is 12.4 Å². The molecule has 0 saturated heterocycles. The monoisotopic (exact) mass is 424 g/mol. The van der Waals surface area contributed by atoms with Gasteiger partial charge in [0.05, 0.1) is 11.1 Å². The van der Waals surface area contributed by atoms with Crippen molar-refractivity contribution in [1.29, 1.82) is 0 Å². The van der Waals surface area contributed by atoms with Crippen molar-refractivity contribution < 1.29 is 9.47 Å². The third-order valence-electron chi connectivity index (χ3n) is 6.09. The Balaban J connectivity index is 1.46. The number of nitrogens with zero attached hydrogens (tertiary/aromatic N) is 1. The maximum atomic E-state index is 6.58. The molecule has 1 heterocycles. The van der Waals surface area contributed by atoms with E-state index in [-0.39, 0.29) is 6.10 Å². The van der Waals surface area contributed by atoms with Crippen LogP contribution in [0.25, 0.3) is 10.8 Å². The zero-order valence-electron chi connectivity index (χ0n) is 17.4. The summed E-state index contributed by atoms with van der Waals surface area (Å²) in [6.07, 6.45) is 7.27. The number of hydrogen-bond acceptors (Lipinski definition) is 4. The third kappa shape index (κ3) is 4.88. The maximum absolute atomic E-state index is 6.58. The number of nitrogens with two attached hydrogens (primary N) is 1. The van der Waals surface area contributed by atoms with E-state index >= 15 is 0 Å². The Labute approximate surface area is 183 Å². The highest BCUT2D eigenvalue weighted by Gasteiger charge is 2.26. The van der Waals surface area contributed by atoms with Crippen molar-refractivity contribution in [1.82, 2.24) is 4.98 Å². The lowest BCUT2D eigenvalue weighted by atomic mass is 9.82. The molecule has 0 aliphatic heterocycles. The maximum Gasteiger partial charge on any atom is 0.221 e. The van der Waals surface area contributed by atoms with Gasteiger partial charge in [0.25, 0.3) is 0 Å². The van der Waals surface area contributed by atoms with Gasteiger partial charge in [0, 0.05) is 17.6 Å². The molecule has 2 N–H and O–H groups in total. The number of fused-ring (bicyclic) bond motifs is 1. The molecule has 1 aromatic heterocycles. The van der Waals surface area contributed by atoms with Crippen LogP contribution in [0.4, 0.5) is 0 Å². The number of rotatable bonds is 7. The van der Waals surface area contributed by atoms with Crippen molar-refractivity contribution >= 4 is 22.4 Å². The van der Waals surface area contributed by atoms with Gasteiger partial charge in [-0.05, 0) is 67.2 Å². The first-order valence-electron chi connectivity index (χ1n) is 10.8. The molecule has 1 saturated carbocycles. The smallest absolute Gasteiger partial charge is 0.221 e. The molecule has 1 aliphatic carbocycles. The number of aromatic nitrogens is 1. The average Bonchev–Trinajstić information content (AvgIpc) is 2.79. The number of ether oxygens (including phenoxy) is 2. The van der Waals surface area contributed by atoms with Crippen LogP contribution >= 0.6 is 11.6 Å². The summed E-state index contributed by atoms with van der Waals surface area (Å²) in [4.78, 5) is 4.41. The summed E-state index contributed by atoms with van der Waals surface area (Å²) in [5.74, 6) is 1.92. The molecule has 2 aromatic carbocycles. The van der Waals surface area contributed by atoms with E-state index in [0.717, 1.165) is 54.2 Å². The number of benzene rings is 2. The van der Waals surface area contributed by atoms with Gasteiger partial charge in [0.2, 0.25) is 5.88 Å². The molecule has 1 aliphatic rings. The molecule has 1 unspecified atom stereocenters. The molecular formula is C25H29ClN2O2. The van der Waals surface area contributed by atoms with Gasteiger partial charge in [-0.25, -0.2) is 4.98 Å². The second kappa shape index (κ2) is 9.67. The summed E-state index contributed by atoms with van der Waals surface area (Å²) in [6, 6.07) is 16.2. The van der Waals surface area contributed by atoms with Gasteiger partial charge in [-0.15, -0.1) is 0 Å². The molecule has 3 aromatic rings. The van der Waals surface area contributed by atoms with Gasteiger partial charge in [-0.3, -0.25) is 0 Å². The van der Waals surface area contributed by atoms with Crippen LogP contribution in [0.15, 0.2) is 54.7 Å². The first-order chi connectivity index (χ1) is 14.6. The first-order valence-corrected chi connectivity index (χ1v) is 11.2. The second-order valence-corrected chi connectivity index (χ2v) is 8.53. The van der Waals surface area contributed by atoms with Gasteiger partial charge in [-0.2, -0.15) is 0 Å². The number of halogens is 1. The highest BCUT2D eigenvalue weighted by Crippen LogP contribution is 2.37. The topological polar surface area (TPSA) is 57.4 Å². The number of pyridine rings is 1. The molecule has 0 amide bonds. The van der Waals surface area contributed by atoms with Crippen molar-refractivity contribution in [2.45, 2.75) is 57.8 Å². The Kier molecular flexibility index (Phi) is 6.76. The predicted molar refractivity (Wildman–Crippen MR) is 122 cm³/mol. The summed E-state index contributed by atoms with van der Waals surface area (Å²) in [7, 11) is 0. The van der Waals surface area contributed by atoms with E-state index in [1.807, 2.05) is 48.5 Å². The summed E-state index contributed by atoms with van der Waals surface area (Å²) < 4.78 is 12.3. The van der Waals surface area contributed by atoms with Crippen LogP contribution in [0.2, 0.25) is 5.02 Å². The molecular weight excluding hydrogens is 396 g/mol. The Bertz CT molecular complexity index is 972. The van der Waals surface area contributed by atoms with E-state index < -0.39 is 0 Å². The zero-order valence-corrected chi connectivity index (χ0v) is 18.1. The van der Waals surface area contributed by atoms with Gasteiger partial charge >= 0.3 is 0 Å². The normalized spacial score (nSPS) is 20.1. The van der Waals surface area contributed by atoms with Crippen LogP contribution in [-0.4, -0.2) is 17.1 Å². The molecule has 1 atom stereocenters.